The minimum absolute atomic E-state index is 0.244. The van der Waals surface area contributed by atoms with Gasteiger partial charge in [-0.2, -0.15) is 5.10 Å². The first kappa shape index (κ1) is 16.7. The van der Waals surface area contributed by atoms with Crippen molar-refractivity contribution < 1.29 is 13.9 Å². The molecular weight excluding hydrogens is 325 g/mol. The van der Waals surface area contributed by atoms with Crippen LogP contribution in [0.3, 0.4) is 0 Å². The molecule has 0 aliphatic rings. The summed E-state index contributed by atoms with van der Waals surface area (Å²) in [5.74, 6) is -0.397. The van der Waals surface area contributed by atoms with Crippen LogP contribution in [0.25, 0.3) is 11.4 Å². The fourth-order valence-electron chi connectivity index (χ4n) is 2.26. The third-order valence-electron chi connectivity index (χ3n) is 3.42. The van der Waals surface area contributed by atoms with Gasteiger partial charge in [0, 0.05) is 18.2 Å². The number of rotatable bonds is 6. The first-order chi connectivity index (χ1) is 12.2. The average Bonchev–Trinajstić information content (AvgIpc) is 3.08. The Hall–Kier alpha value is -3.13. The van der Waals surface area contributed by atoms with Crippen molar-refractivity contribution in [2.45, 2.75) is 13.2 Å². The molecular formula is C17H16FN5O2. The smallest absolute Gasteiger partial charge is 0.251 e. The van der Waals surface area contributed by atoms with Crippen molar-refractivity contribution in [2.24, 2.45) is 0 Å². The summed E-state index contributed by atoms with van der Waals surface area (Å²) in [5.41, 5.74) is 2.64. The van der Waals surface area contributed by atoms with Crippen molar-refractivity contribution in [1.82, 2.24) is 25.5 Å². The van der Waals surface area contributed by atoms with E-state index in [0.717, 1.165) is 23.8 Å². The second-order valence-electron chi connectivity index (χ2n) is 5.31. The molecule has 0 unspecified atom stereocenters. The van der Waals surface area contributed by atoms with Crippen LogP contribution in [-0.2, 0) is 17.9 Å². The Morgan fingerprint density at radius 1 is 1.28 bits per heavy atom. The quantitative estimate of drug-likeness (QED) is 0.716. The lowest BCUT2D eigenvalue weighted by Crippen LogP contribution is -2.23. The van der Waals surface area contributed by atoms with Crippen LogP contribution < -0.4 is 5.32 Å². The van der Waals surface area contributed by atoms with E-state index in [1.807, 2.05) is 6.07 Å². The summed E-state index contributed by atoms with van der Waals surface area (Å²) in [6.45, 7) is 0.719. The van der Waals surface area contributed by atoms with Gasteiger partial charge in [-0.05, 0) is 18.2 Å². The normalized spacial score (nSPS) is 10.6. The van der Waals surface area contributed by atoms with Crippen LogP contribution in [0.5, 0.6) is 0 Å². The molecule has 3 aromatic rings. The van der Waals surface area contributed by atoms with Gasteiger partial charge in [0.25, 0.3) is 5.91 Å². The highest BCUT2D eigenvalue weighted by atomic mass is 19.1. The minimum atomic E-state index is -0.509. The molecule has 1 aromatic carbocycles. The number of carbonyl (C=O) groups is 1. The highest BCUT2D eigenvalue weighted by molar-refractivity contribution is 5.95. The largest absolute Gasteiger partial charge is 0.378 e. The van der Waals surface area contributed by atoms with Crippen LogP contribution >= 0.6 is 0 Å². The van der Waals surface area contributed by atoms with Crippen molar-refractivity contribution in [3.63, 3.8) is 0 Å². The van der Waals surface area contributed by atoms with E-state index in [1.165, 1.54) is 0 Å². The standard InChI is InChI=1S/C17H16FN5O2/c1-25-10-15-6-14(22-23-15)9-21-17(24)12-4-2-3-11(5-12)16-19-7-13(18)8-20-16/h2-8H,9-10H2,1H3,(H,21,24)(H,22,23). The van der Waals surface area contributed by atoms with Gasteiger partial charge in [0.15, 0.2) is 11.6 Å². The zero-order valence-electron chi connectivity index (χ0n) is 13.5. The Bertz CT molecular complexity index is 863. The highest BCUT2D eigenvalue weighted by Gasteiger charge is 2.09. The van der Waals surface area contributed by atoms with Crippen LogP contribution in [0.15, 0.2) is 42.7 Å². The summed E-state index contributed by atoms with van der Waals surface area (Å²) < 4.78 is 17.9. The van der Waals surface area contributed by atoms with Crippen LogP contribution in [0.2, 0.25) is 0 Å². The number of ether oxygens (including phenoxy) is 1. The summed E-state index contributed by atoms with van der Waals surface area (Å²) in [6.07, 6.45) is 2.18. The lowest BCUT2D eigenvalue weighted by Gasteiger charge is -2.05. The number of benzene rings is 1. The zero-order chi connectivity index (χ0) is 17.6. The van der Waals surface area contributed by atoms with Crippen molar-refractivity contribution in [3.05, 3.63) is 65.5 Å². The van der Waals surface area contributed by atoms with E-state index in [9.17, 15) is 9.18 Å². The van der Waals surface area contributed by atoms with Crippen LogP contribution in [0, 0.1) is 5.82 Å². The number of amides is 1. The van der Waals surface area contributed by atoms with Gasteiger partial charge in [-0.3, -0.25) is 9.89 Å². The lowest BCUT2D eigenvalue weighted by atomic mass is 10.1. The molecule has 0 fully saturated rings. The number of aromatic nitrogens is 4. The Morgan fingerprint density at radius 3 is 2.84 bits per heavy atom. The predicted molar refractivity (Wildman–Crippen MR) is 87.9 cm³/mol. The second kappa shape index (κ2) is 7.63. The second-order valence-corrected chi connectivity index (χ2v) is 5.31. The van der Waals surface area contributed by atoms with Crippen molar-refractivity contribution in [3.8, 4) is 11.4 Å². The molecule has 128 valence electrons. The van der Waals surface area contributed by atoms with Crippen molar-refractivity contribution in [1.29, 1.82) is 0 Å². The molecule has 0 saturated heterocycles. The van der Waals surface area contributed by atoms with E-state index in [0.29, 0.717) is 30.1 Å². The molecule has 8 heteroatoms. The van der Waals surface area contributed by atoms with Crippen LogP contribution in [-0.4, -0.2) is 33.2 Å². The number of hydrogen-bond acceptors (Lipinski definition) is 5. The topological polar surface area (TPSA) is 92.8 Å². The van der Waals surface area contributed by atoms with E-state index in [4.69, 9.17) is 4.74 Å². The molecule has 0 radical (unpaired) electrons. The molecule has 25 heavy (non-hydrogen) atoms. The number of H-pyrrole nitrogens is 1. The zero-order valence-corrected chi connectivity index (χ0v) is 13.5. The van der Waals surface area contributed by atoms with Crippen molar-refractivity contribution >= 4 is 5.91 Å². The molecule has 2 aromatic heterocycles. The maximum absolute atomic E-state index is 12.9. The molecule has 0 aliphatic heterocycles. The Labute approximate surface area is 143 Å². The van der Waals surface area contributed by atoms with Gasteiger partial charge >= 0.3 is 0 Å². The molecule has 0 bridgehead atoms. The number of halogens is 1. The summed E-state index contributed by atoms with van der Waals surface area (Å²) in [7, 11) is 1.59. The van der Waals surface area contributed by atoms with E-state index in [1.54, 1.807) is 31.4 Å². The summed E-state index contributed by atoms with van der Waals surface area (Å²) in [5, 5.41) is 9.72. The van der Waals surface area contributed by atoms with Crippen molar-refractivity contribution in [2.75, 3.05) is 7.11 Å². The lowest BCUT2D eigenvalue weighted by molar-refractivity contribution is 0.0950. The third-order valence-corrected chi connectivity index (χ3v) is 3.42. The first-order valence-corrected chi connectivity index (χ1v) is 7.54. The molecule has 0 aliphatic carbocycles. The number of nitrogens with zero attached hydrogens (tertiary/aromatic N) is 3. The number of aromatic amines is 1. The number of nitrogens with one attached hydrogen (secondary N) is 2. The molecule has 0 atom stereocenters. The fourth-order valence-corrected chi connectivity index (χ4v) is 2.26. The number of hydrogen-bond donors (Lipinski definition) is 2. The van der Waals surface area contributed by atoms with Gasteiger partial charge in [-0.15, -0.1) is 0 Å². The van der Waals surface area contributed by atoms with Gasteiger partial charge in [0.05, 0.1) is 36.9 Å². The van der Waals surface area contributed by atoms with Crippen LogP contribution in [0.1, 0.15) is 21.7 Å². The minimum Gasteiger partial charge on any atom is -0.378 e. The summed E-state index contributed by atoms with van der Waals surface area (Å²) in [4.78, 5) is 20.2. The molecule has 2 heterocycles. The van der Waals surface area contributed by atoms with E-state index < -0.39 is 5.82 Å². The predicted octanol–water partition coefficient (Wildman–Crippen LogP) is 2.08. The Kier molecular flexibility index (Phi) is 5.10. The summed E-state index contributed by atoms with van der Waals surface area (Å²) in [6, 6.07) is 8.66. The molecule has 7 nitrogen and oxygen atoms in total. The SMILES string of the molecule is COCc1cc(CNC(=O)c2cccc(-c3ncc(F)cn3)c2)[nH]n1. The van der Waals surface area contributed by atoms with Gasteiger partial charge < -0.3 is 10.1 Å². The van der Waals surface area contributed by atoms with Gasteiger partial charge in [-0.25, -0.2) is 14.4 Å². The monoisotopic (exact) mass is 341 g/mol. The Morgan fingerprint density at radius 2 is 2.08 bits per heavy atom. The van der Waals surface area contributed by atoms with Gasteiger partial charge in [0.2, 0.25) is 0 Å². The molecule has 1 amide bonds. The fraction of sp³-hybridized carbons (Fsp3) is 0.176. The van der Waals surface area contributed by atoms with E-state index >= 15 is 0 Å². The average molecular weight is 341 g/mol. The molecule has 0 saturated carbocycles. The first-order valence-electron chi connectivity index (χ1n) is 7.54. The maximum Gasteiger partial charge on any atom is 0.251 e. The number of methoxy groups -OCH3 is 1. The highest BCUT2D eigenvalue weighted by Crippen LogP contribution is 2.16. The Balaban J connectivity index is 1.67. The maximum atomic E-state index is 12.9. The van der Waals surface area contributed by atoms with Crippen LogP contribution in [0.4, 0.5) is 4.39 Å². The summed E-state index contributed by atoms with van der Waals surface area (Å²) >= 11 is 0. The molecule has 0 spiro atoms. The molecule has 2 N–H and O–H groups in total. The number of carbonyl (C=O) groups excluding carboxylic acids is 1. The van der Waals surface area contributed by atoms with Gasteiger partial charge in [-0.1, -0.05) is 12.1 Å². The third kappa shape index (κ3) is 4.24. The van der Waals surface area contributed by atoms with Gasteiger partial charge in [0.1, 0.15) is 0 Å². The van der Waals surface area contributed by atoms with E-state index in [-0.39, 0.29) is 5.91 Å². The van der Waals surface area contributed by atoms with E-state index in [2.05, 4.69) is 25.5 Å². The molecule has 3 rings (SSSR count).